The summed E-state index contributed by atoms with van der Waals surface area (Å²) in [4.78, 5) is 0. The van der Waals surface area contributed by atoms with E-state index < -0.39 is 0 Å². The van der Waals surface area contributed by atoms with Gasteiger partial charge >= 0.3 is 0 Å². The predicted octanol–water partition coefficient (Wildman–Crippen LogP) is 5.10. The molecule has 0 aliphatic rings. The standard InChI is InChI=1S/C22H20N/c1-15-14-16(2)22(20-10-6-7-13-23(20)3)19-12-11-17-8-4-5-9-18(17)21(15)19/h4-14H,1-3H3/q+1. The van der Waals surface area contributed by atoms with Gasteiger partial charge in [-0.1, -0.05) is 42.5 Å². The first-order valence-corrected chi connectivity index (χ1v) is 8.03. The summed E-state index contributed by atoms with van der Waals surface area (Å²) in [5.41, 5.74) is 5.26. The number of aromatic nitrogens is 1. The Morgan fingerprint density at radius 2 is 1.52 bits per heavy atom. The van der Waals surface area contributed by atoms with E-state index in [0.717, 1.165) is 0 Å². The fraction of sp³-hybridized carbons (Fsp3) is 0.136. The van der Waals surface area contributed by atoms with E-state index in [1.54, 1.807) is 0 Å². The lowest BCUT2D eigenvalue weighted by molar-refractivity contribution is -0.660. The molecule has 0 aliphatic carbocycles. The lowest BCUT2D eigenvalue weighted by Gasteiger charge is -2.14. The maximum atomic E-state index is 2.32. The van der Waals surface area contributed by atoms with Gasteiger partial charge in [0.15, 0.2) is 6.20 Å². The first-order chi connectivity index (χ1) is 11.2. The normalized spacial score (nSPS) is 11.3. The van der Waals surface area contributed by atoms with E-state index >= 15 is 0 Å². The number of fused-ring (bicyclic) bond motifs is 3. The third kappa shape index (κ3) is 2.12. The summed E-state index contributed by atoms with van der Waals surface area (Å²) < 4.78 is 2.20. The molecule has 0 radical (unpaired) electrons. The van der Waals surface area contributed by atoms with Gasteiger partial charge in [-0.05, 0) is 52.6 Å². The first-order valence-electron chi connectivity index (χ1n) is 8.03. The molecule has 0 unspecified atom stereocenters. The molecule has 1 aromatic heterocycles. The summed E-state index contributed by atoms with van der Waals surface area (Å²) in [6.45, 7) is 4.43. The summed E-state index contributed by atoms with van der Waals surface area (Å²) in [5.74, 6) is 0. The minimum absolute atomic E-state index is 1.25. The van der Waals surface area contributed by atoms with E-state index in [-0.39, 0.29) is 0 Å². The van der Waals surface area contributed by atoms with Gasteiger partial charge in [0.05, 0.1) is 5.56 Å². The predicted molar refractivity (Wildman–Crippen MR) is 97.5 cm³/mol. The van der Waals surface area contributed by atoms with Crippen molar-refractivity contribution in [2.24, 2.45) is 7.05 Å². The number of nitrogens with zero attached hydrogens (tertiary/aromatic N) is 1. The van der Waals surface area contributed by atoms with Crippen molar-refractivity contribution in [3.05, 3.63) is 78.0 Å². The van der Waals surface area contributed by atoms with Crippen molar-refractivity contribution in [3.63, 3.8) is 0 Å². The zero-order chi connectivity index (χ0) is 16.0. The molecular weight excluding hydrogens is 278 g/mol. The number of pyridine rings is 1. The van der Waals surface area contributed by atoms with E-state index in [2.05, 4.69) is 92.3 Å². The van der Waals surface area contributed by atoms with Gasteiger partial charge in [0.25, 0.3) is 0 Å². The number of hydrogen-bond acceptors (Lipinski definition) is 0. The summed E-state index contributed by atoms with van der Waals surface area (Å²) in [6, 6.07) is 21.9. The average Bonchev–Trinajstić information content (AvgIpc) is 2.55. The molecule has 3 aromatic carbocycles. The van der Waals surface area contributed by atoms with Gasteiger partial charge < -0.3 is 0 Å². The second-order valence-corrected chi connectivity index (χ2v) is 6.29. The van der Waals surface area contributed by atoms with Crippen molar-refractivity contribution in [2.45, 2.75) is 13.8 Å². The van der Waals surface area contributed by atoms with Crippen molar-refractivity contribution in [3.8, 4) is 11.3 Å². The minimum atomic E-state index is 1.25. The van der Waals surface area contributed by atoms with E-state index in [1.165, 1.54) is 43.9 Å². The van der Waals surface area contributed by atoms with E-state index in [1.807, 2.05) is 0 Å². The largest absolute Gasteiger partial charge is 0.213 e. The molecule has 1 heteroatoms. The third-order valence-electron chi connectivity index (χ3n) is 4.73. The topological polar surface area (TPSA) is 3.88 Å². The smallest absolute Gasteiger partial charge is 0.201 e. The van der Waals surface area contributed by atoms with Crippen LogP contribution in [-0.4, -0.2) is 0 Å². The van der Waals surface area contributed by atoms with E-state index in [4.69, 9.17) is 0 Å². The van der Waals surface area contributed by atoms with Crippen LogP contribution in [0.2, 0.25) is 0 Å². The highest BCUT2D eigenvalue weighted by Crippen LogP contribution is 2.36. The quantitative estimate of drug-likeness (QED) is 0.340. The molecule has 0 saturated carbocycles. The molecule has 0 fully saturated rings. The molecular formula is C22H20N+. The Labute approximate surface area is 136 Å². The molecule has 0 bridgehead atoms. The molecule has 1 nitrogen and oxygen atoms in total. The average molecular weight is 298 g/mol. The Kier molecular flexibility index (Phi) is 3.16. The van der Waals surface area contributed by atoms with Crippen molar-refractivity contribution in [1.29, 1.82) is 0 Å². The molecule has 0 N–H and O–H groups in total. The summed E-state index contributed by atoms with van der Waals surface area (Å²) in [5, 5.41) is 5.34. The molecule has 4 rings (SSSR count). The molecule has 23 heavy (non-hydrogen) atoms. The van der Waals surface area contributed by atoms with Gasteiger partial charge in [0, 0.05) is 12.1 Å². The minimum Gasteiger partial charge on any atom is -0.201 e. The fourth-order valence-electron chi connectivity index (χ4n) is 3.71. The van der Waals surface area contributed by atoms with Gasteiger partial charge in [-0.3, -0.25) is 0 Å². The molecule has 0 atom stereocenters. The van der Waals surface area contributed by atoms with Crippen LogP contribution in [0.5, 0.6) is 0 Å². The number of aryl methyl sites for hydroxylation is 3. The highest BCUT2D eigenvalue weighted by atomic mass is 14.9. The Morgan fingerprint density at radius 1 is 0.739 bits per heavy atom. The number of hydrogen-bond donors (Lipinski definition) is 0. The molecule has 4 aromatic rings. The Morgan fingerprint density at radius 3 is 2.35 bits per heavy atom. The highest BCUT2D eigenvalue weighted by molar-refractivity contribution is 6.13. The van der Waals surface area contributed by atoms with Gasteiger partial charge in [0.2, 0.25) is 5.69 Å². The van der Waals surface area contributed by atoms with Crippen LogP contribution in [0.1, 0.15) is 11.1 Å². The van der Waals surface area contributed by atoms with Gasteiger partial charge in [-0.25, -0.2) is 4.57 Å². The zero-order valence-electron chi connectivity index (χ0n) is 13.8. The number of benzene rings is 3. The maximum absolute atomic E-state index is 2.32. The monoisotopic (exact) mass is 298 g/mol. The van der Waals surface area contributed by atoms with E-state index in [9.17, 15) is 0 Å². The molecule has 0 amide bonds. The van der Waals surface area contributed by atoms with Crippen molar-refractivity contribution < 1.29 is 4.57 Å². The van der Waals surface area contributed by atoms with Crippen LogP contribution in [0.4, 0.5) is 0 Å². The van der Waals surface area contributed by atoms with Crippen LogP contribution < -0.4 is 4.57 Å². The molecule has 0 saturated heterocycles. The molecule has 112 valence electrons. The lowest BCUT2D eigenvalue weighted by Crippen LogP contribution is -2.30. The molecule has 0 spiro atoms. The maximum Gasteiger partial charge on any atom is 0.213 e. The van der Waals surface area contributed by atoms with Gasteiger partial charge in [0.1, 0.15) is 7.05 Å². The highest BCUT2D eigenvalue weighted by Gasteiger charge is 2.17. The fourth-order valence-corrected chi connectivity index (χ4v) is 3.71. The van der Waals surface area contributed by atoms with Gasteiger partial charge in [-0.2, -0.15) is 0 Å². The Balaban J connectivity index is 2.22. The van der Waals surface area contributed by atoms with Crippen LogP contribution in [0.3, 0.4) is 0 Å². The summed E-state index contributed by atoms with van der Waals surface area (Å²) >= 11 is 0. The van der Waals surface area contributed by atoms with Crippen LogP contribution in [0.15, 0.2) is 66.9 Å². The Bertz CT molecular complexity index is 1040. The molecule has 0 aliphatic heterocycles. The van der Waals surface area contributed by atoms with Crippen molar-refractivity contribution in [2.75, 3.05) is 0 Å². The van der Waals surface area contributed by atoms with Crippen LogP contribution in [0, 0.1) is 13.8 Å². The van der Waals surface area contributed by atoms with Crippen LogP contribution in [-0.2, 0) is 7.05 Å². The van der Waals surface area contributed by atoms with Crippen LogP contribution >= 0.6 is 0 Å². The first kappa shape index (κ1) is 14.0. The van der Waals surface area contributed by atoms with Gasteiger partial charge in [-0.15, -0.1) is 0 Å². The summed E-state index contributed by atoms with van der Waals surface area (Å²) in [6.07, 6.45) is 2.11. The van der Waals surface area contributed by atoms with E-state index in [0.29, 0.717) is 0 Å². The molecule has 1 heterocycles. The van der Waals surface area contributed by atoms with Crippen molar-refractivity contribution >= 4 is 21.5 Å². The van der Waals surface area contributed by atoms with Crippen molar-refractivity contribution in [1.82, 2.24) is 0 Å². The zero-order valence-corrected chi connectivity index (χ0v) is 13.8. The third-order valence-corrected chi connectivity index (χ3v) is 4.73. The SMILES string of the molecule is Cc1cc(C)c2c(ccc3ccccc32)c1-c1cccc[n+]1C. The number of rotatable bonds is 1. The second-order valence-electron chi connectivity index (χ2n) is 6.29. The second kappa shape index (κ2) is 5.20. The Hall–Kier alpha value is -2.67. The van der Waals surface area contributed by atoms with Crippen LogP contribution in [0.25, 0.3) is 32.8 Å². The summed E-state index contributed by atoms with van der Waals surface area (Å²) in [7, 11) is 2.11. The lowest BCUT2D eigenvalue weighted by atomic mass is 9.90.